The molecule has 1 amide bonds. The highest BCUT2D eigenvalue weighted by Crippen LogP contribution is 2.28. The zero-order valence-electron chi connectivity index (χ0n) is 11.1. The Morgan fingerprint density at radius 1 is 1.37 bits per heavy atom. The number of benzene rings is 1. The number of aliphatic carboxylic acids is 1. The van der Waals surface area contributed by atoms with Gasteiger partial charge in [-0.2, -0.15) is 0 Å². The highest BCUT2D eigenvalue weighted by Gasteiger charge is 2.22. The van der Waals surface area contributed by atoms with E-state index in [0.29, 0.717) is 17.4 Å². The van der Waals surface area contributed by atoms with Crippen LogP contribution >= 0.6 is 0 Å². The number of hydrogen-bond donors (Lipinski definition) is 3. The first kappa shape index (κ1) is 15.0. The molecule has 0 aromatic heterocycles. The van der Waals surface area contributed by atoms with Gasteiger partial charge in [0.05, 0.1) is 12.8 Å². The number of carbonyl (C=O) groups excluding carboxylic acids is 1. The van der Waals surface area contributed by atoms with Gasteiger partial charge in [0.2, 0.25) is 0 Å². The predicted molar refractivity (Wildman–Crippen MR) is 71.3 cm³/mol. The van der Waals surface area contributed by atoms with E-state index in [1.54, 1.807) is 12.1 Å². The fourth-order valence-corrected chi connectivity index (χ4v) is 1.49. The molecule has 0 aliphatic carbocycles. The Kier molecular flexibility index (Phi) is 4.88. The molecule has 6 nitrogen and oxygen atoms in total. The van der Waals surface area contributed by atoms with Gasteiger partial charge < -0.3 is 20.9 Å². The lowest BCUT2D eigenvalue weighted by molar-refractivity contribution is -0.141. The van der Waals surface area contributed by atoms with Crippen molar-refractivity contribution in [2.24, 2.45) is 5.73 Å². The lowest BCUT2D eigenvalue weighted by atomic mass is 10.0. The molecule has 1 unspecified atom stereocenters. The van der Waals surface area contributed by atoms with E-state index in [4.69, 9.17) is 15.6 Å². The van der Waals surface area contributed by atoms with Gasteiger partial charge in [-0.05, 0) is 23.6 Å². The van der Waals surface area contributed by atoms with E-state index in [-0.39, 0.29) is 0 Å². The number of hydrogen-bond acceptors (Lipinski definition) is 4. The van der Waals surface area contributed by atoms with Crippen molar-refractivity contribution >= 4 is 17.6 Å². The van der Waals surface area contributed by atoms with Crippen LogP contribution < -0.4 is 15.8 Å². The molecule has 104 valence electrons. The molecule has 0 aliphatic heterocycles. The molecule has 0 saturated carbocycles. The Hall–Kier alpha value is -2.08. The minimum atomic E-state index is -1.60. The smallest absolute Gasteiger partial charge is 0.330 e. The fraction of sp³-hybridized carbons (Fsp3) is 0.385. The van der Waals surface area contributed by atoms with Gasteiger partial charge in [-0.3, -0.25) is 4.79 Å². The quantitative estimate of drug-likeness (QED) is 0.694. The molecule has 1 rings (SSSR count). The van der Waals surface area contributed by atoms with Crippen molar-refractivity contribution in [2.45, 2.75) is 25.8 Å². The van der Waals surface area contributed by atoms with Gasteiger partial charge in [-0.15, -0.1) is 0 Å². The molecular formula is C13H18N2O4. The lowest BCUT2D eigenvalue weighted by Gasteiger charge is -2.14. The van der Waals surface area contributed by atoms with Crippen LogP contribution in [0.15, 0.2) is 18.2 Å². The lowest BCUT2D eigenvalue weighted by Crippen LogP contribution is -2.42. The summed E-state index contributed by atoms with van der Waals surface area (Å²) in [5.41, 5.74) is 6.68. The monoisotopic (exact) mass is 266 g/mol. The number of carbonyl (C=O) groups is 2. The van der Waals surface area contributed by atoms with Crippen molar-refractivity contribution in [3.8, 4) is 5.75 Å². The third-order valence-corrected chi connectivity index (χ3v) is 2.70. The van der Waals surface area contributed by atoms with E-state index in [0.717, 1.165) is 5.56 Å². The van der Waals surface area contributed by atoms with Crippen LogP contribution in [0, 0.1) is 0 Å². The molecule has 0 aliphatic rings. The average Bonchev–Trinajstić information content (AvgIpc) is 2.37. The predicted octanol–water partition coefficient (Wildman–Crippen LogP) is 1.17. The molecule has 0 spiro atoms. The van der Waals surface area contributed by atoms with Gasteiger partial charge in [0.25, 0.3) is 5.91 Å². The Morgan fingerprint density at radius 3 is 2.47 bits per heavy atom. The summed E-state index contributed by atoms with van der Waals surface area (Å²) in [4.78, 5) is 22.2. The van der Waals surface area contributed by atoms with Crippen LogP contribution in [0.4, 0.5) is 5.69 Å². The Bertz CT molecular complexity index is 486. The van der Waals surface area contributed by atoms with Gasteiger partial charge in [0.15, 0.2) is 6.04 Å². The molecule has 0 radical (unpaired) electrons. The highest BCUT2D eigenvalue weighted by atomic mass is 16.5. The van der Waals surface area contributed by atoms with Crippen LogP contribution in [-0.4, -0.2) is 30.1 Å². The van der Waals surface area contributed by atoms with Gasteiger partial charge >= 0.3 is 5.97 Å². The molecule has 0 fully saturated rings. The third kappa shape index (κ3) is 3.69. The van der Waals surface area contributed by atoms with Gasteiger partial charge in [-0.25, -0.2) is 4.79 Å². The number of methoxy groups -OCH3 is 1. The van der Waals surface area contributed by atoms with Crippen LogP contribution in [0.1, 0.15) is 25.3 Å². The molecular weight excluding hydrogens is 248 g/mol. The van der Waals surface area contributed by atoms with Gasteiger partial charge in [0.1, 0.15) is 5.75 Å². The van der Waals surface area contributed by atoms with Crippen LogP contribution in [-0.2, 0) is 9.59 Å². The molecule has 1 aromatic rings. The number of anilines is 1. The first-order valence-electron chi connectivity index (χ1n) is 5.84. The summed E-state index contributed by atoms with van der Waals surface area (Å²) in [6, 6.07) is 3.71. The van der Waals surface area contributed by atoms with E-state index >= 15 is 0 Å². The number of ether oxygens (including phenoxy) is 1. The van der Waals surface area contributed by atoms with Crippen LogP contribution in [0.5, 0.6) is 5.75 Å². The number of nitrogens with one attached hydrogen (secondary N) is 1. The Balaban J connectivity index is 2.95. The van der Waals surface area contributed by atoms with Crippen LogP contribution in [0.25, 0.3) is 0 Å². The molecule has 19 heavy (non-hydrogen) atoms. The highest BCUT2D eigenvalue weighted by molar-refractivity contribution is 6.08. The standard InChI is InChI=1S/C13H18N2O4/c1-7(2)8-4-5-9(10(6-8)19-3)15-12(16)11(14)13(17)18/h4-7,11H,14H2,1-3H3,(H,15,16)(H,17,18). The maximum atomic E-state index is 11.6. The zero-order chi connectivity index (χ0) is 14.6. The average molecular weight is 266 g/mol. The molecule has 4 N–H and O–H groups in total. The molecule has 0 saturated heterocycles. The molecule has 6 heteroatoms. The molecule has 1 aromatic carbocycles. The maximum absolute atomic E-state index is 11.6. The van der Waals surface area contributed by atoms with E-state index in [1.165, 1.54) is 7.11 Å². The van der Waals surface area contributed by atoms with Crippen molar-refractivity contribution in [3.05, 3.63) is 23.8 Å². The Labute approximate surface area is 111 Å². The summed E-state index contributed by atoms with van der Waals surface area (Å²) in [7, 11) is 1.48. The summed E-state index contributed by atoms with van der Waals surface area (Å²) < 4.78 is 5.17. The number of carboxylic acid groups (broad SMARTS) is 1. The second-order valence-corrected chi connectivity index (χ2v) is 4.42. The van der Waals surface area contributed by atoms with E-state index < -0.39 is 17.9 Å². The van der Waals surface area contributed by atoms with Gasteiger partial charge in [0, 0.05) is 0 Å². The zero-order valence-corrected chi connectivity index (χ0v) is 11.1. The van der Waals surface area contributed by atoms with Crippen molar-refractivity contribution in [3.63, 3.8) is 0 Å². The van der Waals surface area contributed by atoms with Crippen LogP contribution in [0.3, 0.4) is 0 Å². The second kappa shape index (κ2) is 6.19. The molecule has 0 heterocycles. The largest absolute Gasteiger partial charge is 0.495 e. The van der Waals surface area contributed by atoms with Crippen molar-refractivity contribution < 1.29 is 19.4 Å². The summed E-state index contributed by atoms with van der Waals surface area (Å²) in [6.07, 6.45) is 0. The minimum absolute atomic E-state index is 0.319. The van der Waals surface area contributed by atoms with Crippen molar-refractivity contribution in [1.82, 2.24) is 0 Å². The fourth-order valence-electron chi connectivity index (χ4n) is 1.49. The van der Waals surface area contributed by atoms with E-state index in [1.807, 2.05) is 19.9 Å². The first-order valence-corrected chi connectivity index (χ1v) is 5.84. The molecule has 0 bridgehead atoms. The number of amides is 1. The summed E-state index contributed by atoms with van der Waals surface area (Å²) in [5, 5.41) is 11.1. The second-order valence-electron chi connectivity index (χ2n) is 4.42. The number of rotatable bonds is 5. The van der Waals surface area contributed by atoms with Crippen molar-refractivity contribution in [2.75, 3.05) is 12.4 Å². The maximum Gasteiger partial charge on any atom is 0.330 e. The number of nitrogens with two attached hydrogens (primary N) is 1. The third-order valence-electron chi connectivity index (χ3n) is 2.70. The minimum Gasteiger partial charge on any atom is -0.495 e. The topological polar surface area (TPSA) is 102 Å². The van der Waals surface area contributed by atoms with E-state index in [9.17, 15) is 9.59 Å². The summed E-state index contributed by atoms with van der Waals surface area (Å²) in [5.74, 6) is -1.38. The van der Waals surface area contributed by atoms with Crippen LogP contribution in [0.2, 0.25) is 0 Å². The van der Waals surface area contributed by atoms with Gasteiger partial charge in [-0.1, -0.05) is 19.9 Å². The summed E-state index contributed by atoms with van der Waals surface area (Å²) in [6.45, 7) is 4.07. The number of carboxylic acids is 1. The van der Waals surface area contributed by atoms with E-state index in [2.05, 4.69) is 5.32 Å². The van der Waals surface area contributed by atoms with Crippen molar-refractivity contribution in [1.29, 1.82) is 0 Å². The molecule has 1 atom stereocenters. The normalized spacial score (nSPS) is 12.1. The SMILES string of the molecule is COc1cc(C(C)C)ccc1NC(=O)C(N)C(=O)O. The summed E-state index contributed by atoms with van der Waals surface area (Å²) >= 11 is 0. The Morgan fingerprint density at radius 2 is 2.00 bits per heavy atom. The first-order chi connectivity index (χ1) is 8.86.